The zero-order chi connectivity index (χ0) is 11.8. The first-order valence-corrected chi connectivity index (χ1v) is 4.33. The van der Waals surface area contributed by atoms with E-state index in [4.69, 9.17) is 4.74 Å². The SMILES string of the molecule is CON=C1COc2nccc(C(F)(F)F)c21. The van der Waals surface area contributed by atoms with Crippen molar-refractivity contribution in [1.29, 1.82) is 0 Å². The summed E-state index contributed by atoms with van der Waals surface area (Å²) in [6, 6.07) is 0.888. The highest BCUT2D eigenvalue weighted by Crippen LogP contribution is 2.37. The van der Waals surface area contributed by atoms with Crippen molar-refractivity contribution < 1.29 is 22.7 Å². The summed E-state index contributed by atoms with van der Waals surface area (Å²) in [6.07, 6.45) is -3.41. The lowest BCUT2D eigenvalue weighted by atomic mass is 10.1. The Morgan fingerprint density at radius 2 is 2.25 bits per heavy atom. The first-order valence-electron chi connectivity index (χ1n) is 4.33. The summed E-state index contributed by atoms with van der Waals surface area (Å²) in [5, 5.41) is 3.49. The monoisotopic (exact) mass is 232 g/mol. The van der Waals surface area contributed by atoms with Crippen molar-refractivity contribution in [3.8, 4) is 5.88 Å². The molecule has 0 saturated heterocycles. The van der Waals surface area contributed by atoms with Gasteiger partial charge in [-0.1, -0.05) is 5.16 Å². The molecule has 0 unspecified atom stereocenters. The molecule has 7 heteroatoms. The molecule has 2 heterocycles. The van der Waals surface area contributed by atoms with E-state index in [0.29, 0.717) is 0 Å². The van der Waals surface area contributed by atoms with Gasteiger partial charge in [0.2, 0.25) is 5.88 Å². The van der Waals surface area contributed by atoms with Crippen LogP contribution in [0.4, 0.5) is 13.2 Å². The molecule has 0 atom stereocenters. The molecule has 2 rings (SSSR count). The Hall–Kier alpha value is -1.79. The molecule has 1 aliphatic rings. The highest BCUT2D eigenvalue weighted by atomic mass is 19.4. The Labute approximate surface area is 88.7 Å². The van der Waals surface area contributed by atoms with E-state index >= 15 is 0 Å². The summed E-state index contributed by atoms with van der Waals surface area (Å²) >= 11 is 0. The topological polar surface area (TPSA) is 43.7 Å². The van der Waals surface area contributed by atoms with Crippen LogP contribution >= 0.6 is 0 Å². The summed E-state index contributed by atoms with van der Waals surface area (Å²) in [6.45, 7) is -0.0662. The lowest BCUT2D eigenvalue weighted by Crippen LogP contribution is -2.12. The van der Waals surface area contributed by atoms with E-state index in [0.717, 1.165) is 12.3 Å². The Bertz CT molecular complexity index is 443. The maximum Gasteiger partial charge on any atom is 0.417 e. The summed E-state index contributed by atoms with van der Waals surface area (Å²) < 4.78 is 43.0. The molecule has 16 heavy (non-hydrogen) atoms. The zero-order valence-electron chi connectivity index (χ0n) is 8.21. The van der Waals surface area contributed by atoms with Crippen LogP contribution in [0.1, 0.15) is 11.1 Å². The maximum atomic E-state index is 12.7. The van der Waals surface area contributed by atoms with Gasteiger partial charge in [-0.15, -0.1) is 0 Å². The predicted molar refractivity (Wildman–Crippen MR) is 48.3 cm³/mol. The zero-order valence-corrected chi connectivity index (χ0v) is 8.21. The third-order valence-electron chi connectivity index (χ3n) is 2.06. The van der Waals surface area contributed by atoms with Crippen molar-refractivity contribution >= 4 is 5.71 Å². The predicted octanol–water partition coefficient (Wildman–Crippen LogP) is 1.84. The summed E-state index contributed by atoms with van der Waals surface area (Å²) in [7, 11) is 1.26. The molecule has 1 aromatic heterocycles. The van der Waals surface area contributed by atoms with E-state index in [1.54, 1.807) is 0 Å². The van der Waals surface area contributed by atoms with Gasteiger partial charge in [0.15, 0.2) is 0 Å². The van der Waals surface area contributed by atoms with Crippen molar-refractivity contribution in [1.82, 2.24) is 4.98 Å². The number of alkyl halides is 3. The van der Waals surface area contributed by atoms with Gasteiger partial charge in [0.1, 0.15) is 19.4 Å². The number of oxime groups is 1. The number of hydrogen-bond acceptors (Lipinski definition) is 4. The fourth-order valence-electron chi connectivity index (χ4n) is 1.46. The van der Waals surface area contributed by atoms with E-state index in [9.17, 15) is 13.2 Å². The molecule has 1 aromatic rings. The van der Waals surface area contributed by atoms with Crippen molar-refractivity contribution in [2.75, 3.05) is 13.7 Å². The number of hydrogen-bond donors (Lipinski definition) is 0. The van der Waals surface area contributed by atoms with Crippen LogP contribution in [0.5, 0.6) is 5.88 Å². The van der Waals surface area contributed by atoms with Gasteiger partial charge in [0, 0.05) is 6.20 Å². The maximum absolute atomic E-state index is 12.7. The van der Waals surface area contributed by atoms with E-state index in [2.05, 4.69) is 15.0 Å². The van der Waals surface area contributed by atoms with Crippen molar-refractivity contribution in [3.63, 3.8) is 0 Å². The molecule has 86 valence electrons. The van der Waals surface area contributed by atoms with Gasteiger partial charge in [0.05, 0.1) is 11.1 Å². The van der Waals surface area contributed by atoms with Gasteiger partial charge < -0.3 is 9.57 Å². The first kappa shape index (κ1) is 10.7. The number of pyridine rings is 1. The molecular weight excluding hydrogens is 225 g/mol. The van der Waals surface area contributed by atoms with Gasteiger partial charge in [-0.3, -0.25) is 0 Å². The summed E-state index contributed by atoms with van der Waals surface area (Å²) in [5.74, 6) is -0.0642. The van der Waals surface area contributed by atoms with Crippen LogP contribution in [0, 0.1) is 0 Å². The van der Waals surface area contributed by atoms with Gasteiger partial charge in [-0.25, -0.2) is 4.98 Å². The Morgan fingerprint density at radius 3 is 2.88 bits per heavy atom. The van der Waals surface area contributed by atoms with Gasteiger partial charge in [-0.2, -0.15) is 13.2 Å². The number of halogens is 3. The average Bonchev–Trinajstić information content (AvgIpc) is 2.61. The molecule has 0 saturated carbocycles. The van der Waals surface area contributed by atoms with E-state index in [1.807, 2.05) is 0 Å². The molecule has 4 nitrogen and oxygen atoms in total. The first-order chi connectivity index (χ1) is 7.54. The van der Waals surface area contributed by atoms with Crippen molar-refractivity contribution in [2.45, 2.75) is 6.18 Å². The number of ether oxygens (including phenoxy) is 1. The Balaban J connectivity index is 2.59. The lowest BCUT2D eigenvalue weighted by Gasteiger charge is -2.09. The highest BCUT2D eigenvalue weighted by molar-refractivity contribution is 6.06. The van der Waals surface area contributed by atoms with Crippen LogP contribution in [-0.2, 0) is 11.0 Å². The average molecular weight is 232 g/mol. The van der Waals surface area contributed by atoms with Crippen LogP contribution in [0.25, 0.3) is 0 Å². The van der Waals surface area contributed by atoms with Crippen LogP contribution in [0.3, 0.4) is 0 Å². The second-order valence-corrected chi connectivity index (χ2v) is 3.05. The second kappa shape index (κ2) is 3.66. The van der Waals surface area contributed by atoms with Crippen LogP contribution in [0.15, 0.2) is 17.4 Å². The number of aromatic nitrogens is 1. The lowest BCUT2D eigenvalue weighted by molar-refractivity contribution is -0.137. The van der Waals surface area contributed by atoms with Crippen molar-refractivity contribution in [2.24, 2.45) is 5.16 Å². The molecule has 0 bridgehead atoms. The Kier molecular flexibility index (Phi) is 2.45. The van der Waals surface area contributed by atoms with E-state index in [-0.39, 0.29) is 23.8 Å². The minimum atomic E-state index is -4.46. The van der Waals surface area contributed by atoms with Crippen LogP contribution in [0.2, 0.25) is 0 Å². The number of nitrogens with zero attached hydrogens (tertiary/aromatic N) is 2. The minimum Gasteiger partial charge on any atom is -0.470 e. The molecule has 0 aliphatic carbocycles. The normalized spacial score (nSPS) is 17.1. The third-order valence-corrected chi connectivity index (χ3v) is 2.06. The van der Waals surface area contributed by atoms with E-state index < -0.39 is 11.7 Å². The molecule has 0 aromatic carbocycles. The van der Waals surface area contributed by atoms with Gasteiger partial charge in [0.25, 0.3) is 0 Å². The van der Waals surface area contributed by atoms with Crippen LogP contribution < -0.4 is 4.74 Å². The summed E-state index contributed by atoms with van der Waals surface area (Å²) in [4.78, 5) is 8.17. The number of rotatable bonds is 1. The Morgan fingerprint density at radius 1 is 1.50 bits per heavy atom. The van der Waals surface area contributed by atoms with Crippen LogP contribution in [-0.4, -0.2) is 24.4 Å². The smallest absolute Gasteiger partial charge is 0.417 e. The van der Waals surface area contributed by atoms with Crippen molar-refractivity contribution in [3.05, 3.63) is 23.4 Å². The second-order valence-electron chi connectivity index (χ2n) is 3.05. The fourth-order valence-corrected chi connectivity index (χ4v) is 1.46. The molecule has 0 fully saturated rings. The number of fused-ring (bicyclic) bond motifs is 1. The van der Waals surface area contributed by atoms with Gasteiger partial charge in [-0.05, 0) is 6.07 Å². The molecule has 0 spiro atoms. The standard InChI is InChI=1S/C9H7F3N2O2/c1-15-14-6-4-16-8-7(6)5(2-3-13-8)9(10,11)12/h2-3H,4H2,1H3. The third kappa shape index (κ3) is 1.68. The minimum absolute atomic E-state index is 0.0642. The molecule has 1 aliphatic heterocycles. The quantitative estimate of drug-likeness (QED) is 0.694. The molecule has 0 amide bonds. The summed E-state index contributed by atoms with van der Waals surface area (Å²) in [5.41, 5.74) is -0.861. The largest absolute Gasteiger partial charge is 0.470 e. The fraction of sp³-hybridized carbons (Fsp3) is 0.333. The molecule has 0 radical (unpaired) electrons. The van der Waals surface area contributed by atoms with E-state index in [1.165, 1.54) is 7.11 Å². The highest BCUT2D eigenvalue weighted by Gasteiger charge is 2.39. The van der Waals surface area contributed by atoms with Gasteiger partial charge >= 0.3 is 6.18 Å². The molecule has 0 N–H and O–H groups in total. The molecular formula is C9H7F3N2O2.